The number of likely N-dealkylation sites (tertiary alicyclic amines) is 1. The van der Waals surface area contributed by atoms with E-state index in [0.29, 0.717) is 0 Å². The molecule has 0 aromatic carbocycles. The summed E-state index contributed by atoms with van der Waals surface area (Å²) >= 11 is 0. The number of piperazine rings is 1. The van der Waals surface area contributed by atoms with Gasteiger partial charge in [0.1, 0.15) is 0 Å². The van der Waals surface area contributed by atoms with Gasteiger partial charge in [0, 0.05) is 39.1 Å². The average molecular weight is 233 g/mol. The van der Waals surface area contributed by atoms with Crippen LogP contribution in [0.25, 0.3) is 0 Å². The van der Waals surface area contributed by atoms with Gasteiger partial charge in [0.2, 0.25) is 5.91 Å². The molecular formula is C10H17F2N3O. The zero-order valence-corrected chi connectivity index (χ0v) is 9.22. The minimum Gasteiger partial charge on any atom is -0.335 e. The number of carbonyl (C=O) groups excluding carboxylic acids is 1. The molecule has 16 heavy (non-hydrogen) atoms. The number of hydrogen-bond donors (Lipinski definition) is 1. The van der Waals surface area contributed by atoms with Gasteiger partial charge in [-0.05, 0) is 0 Å². The van der Waals surface area contributed by atoms with Gasteiger partial charge in [-0.25, -0.2) is 8.78 Å². The predicted octanol–water partition coefficient (Wildman–Crippen LogP) is -0.241. The van der Waals surface area contributed by atoms with Crippen LogP contribution in [0.3, 0.4) is 0 Å². The van der Waals surface area contributed by atoms with Crippen molar-refractivity contribution in [3.63, 3.8) is 0 Å². The van der Waals surface area contributed by atoms with E-state index in [4.69, 9.17) is 0 Å². The van der Waals surface area contributed by atoms with Crippen molar-refractivity contribution in [1.29, 1.82) is 0 Å². The van der Waals surface area contributed by atoms with Crippen molar-refractivity contribution in [2.45, 2.75) is 12.3 Å². The molecule has 0 spiro atoms. The van der Waals surface area contributed by atoms with Gasteiger partial charge >= 0.3 is 0 Å². The molecule has 0 atom stereocenters. The fraction of sp³-hybridized carbons (Fsp3) is 0.900. The van der Waals surface area contributed by atoms with E-state index in [0.717, 1.165) is 26.2 Å². The van der Waals surface area contributed by atoms with Crippen LogP contribution in [0.15, 0.2) is 0 Å². The number of hydrogen-bond acceptors (Lipinski definition) is 3. The maximum atomic E-state index is 12.9. The lowest BCUT2D eigenvalue weighted by molar-refractivity contribution is -0.133. The molecule has 6 heteroatoms. The molecule has 2 fully saturated rings. The molecule has 0 radical (unpaired) electrons. The van der Waals surface area contributed by atoms with E-state index in [-0.39, 0.29) is 25.4 Å². The monoisotopic (exact) mass is 233 g/mol. The molecule has 0 bridgehead atoms. The van der Waals surface area contributed by atoms with E-state index in [1.165, 1.54) is 4.90 Å². The third-order valence-electron chi connectivity index (χ3n) is 3.09. The molecule has 0 saturated carbocycles. The van der Waals surface area contributed by atoms with Crippen molar-refractivity contribution in [3.8, 4) is 0 Å². The summed E-state index contributed by atoms with van der Waals surface area (Å²) in [6, 6.07) is 0. The quantitative estimate of drug-likeness (QED) is 0.715. The third kappa shape index (κ3) is 2.89. The first-order chi connectivity index (χ1) is 7.57. The summed E-state index contributed by atoms with van der Waals surface area (Å²) in [4.78, 5) is 15.0. The average Bonchev–Trinajstić information content (AvgIpc) is 2.60. The Morgan fingerprint density at radius 1 is 1.25 bits per heavy atom. The maximum absolute atomic E-state index is 12.9. The fourth-order valence-corrected chi connectivity index (χ4v) is 2.11. The zero-order chi connectivity index (χ0) is 11.6. The van der Waals surface area contributed by atoms with Gasteiger partial charge in [0.15, 0.2) is 0 Å². The van der Waals surface area contributed by atoms with Gasteiger partial charge in [0.25, 0.3) is 5.92 Å². The molecule has 4 nitrogen and oxygen atoms in total. The lowest BCUT2D eigenvalue weighted by Gasteiger charge is -2.28. The largest absolute Gasteiger partial charge is 0.335 e. The second-order valence-electron chi connectivity index (χ2n) is 4.45. The van der Waals surface area contributed by atoms with Crippen molar-refractivity contribution in [1.82, 2.24) is 15.1 Å². The number of alkyl halides is 2. The van der Waals surface area contributed by atoms with Crippen LogP contribution < -0.4 is 5.32 Å². The van der Waals surface area contributed by atoms with Crippen LogP contribution in [0, 0.1) is 0 Å². The Hall–Kier alpha value is -0.750. The Morgan fingerprint density at radius 3 is 2.50 bits per heavy atom. The number of nitrogens with one attached hydrogen (secondary N) is 1. The minimum atomic E-state index is -2.68. The number of halogens is 2. The lowest BCUT2D eigenvalue weighted by atomic mass is 10.3. The van der Waals surface area contributed by atoms with Crippen LogP contribution >= 0.6 is 0 Å². The highest BCUT2D eigenvalue weighted by Crippen LogP contribution is 2.26. The topological polar surface area (TPSA) is 35.6 Å². The third-order valence-corrected chi connectivity index (χ3v) is 3.09. The van der Waals surface area contributed by atoms with Crippen LogP contribution in [0.1, 0.15) is 6.42 Å². The molecule has 2 aliphatic rings. The number of amides is 1. The summed E-state index contributed by atoms with van der Waals surface area (Å²) in [6.45, 7) is 3.42. The van der Waals surface area contributed by atoms with Gasteiger partial charge in [-0.2, -0.15) is 0 Å². The predicted molar refractivity (Wildman–Crippen MR) is 55.5 cm³/mol. The van der Waals surface area contributed by atoms with Crippen LogP contribution in [-0.2, 0) is 4.79 Å². The summed E-state index contributed by atoms with van der Waals surface area (Å²) in [6.07, 6.45) is -0.194. The Balaban J connectivity index is 1.79. The first-order valence-electron chi connectivity index (χ1n) is 5.65. The summed E-state index contributed by atoms with van der Waals surface area (Å²) in [5.41, 5.74) is 0. The van der Waals surface area contributed by atoms with Crippen molar-refractivity contribution in [2.75, 3.05) is 45.8 Å². The van der Waals surface area contributed by atoms with E-state index in [1.54, 1.807) is 0 Å². The highest BCUT2D eigenvalue weighted by Gasteiger charge is 2.40. The van der Waals surface area contributed by atoms with Gasteiger partial charge < -0.3 is 10.2 Å². The molecule has 0 aliphatic carbocycles. The Morgan fingerprint density at radius 2 is 1.94 bits per heavy atom. The summed E-state index contributed by atoms with van der Waals surface area (Å²) < 4.78 is 25.8. The molecule has 92 valence electrons. The summed E-state index contributed by atoms with van der Waals surface area (Å²) in [5, 5.41) is 3.18. The van der Waals surface area contributed by atoms with Crippen LogP contribution in [0.5, 0.6) is 0 Å². The minimum absolute atomic E-state index is 0.168. The molecule has 2 heterocycles. The second-order valence-corrected chi connectivity index (χ2v) is 4.45. The number of carbonyl (C=O) groups is 1. The summed E-state index contributed by atoms with van der Waals surface area (Å²) in [7, 11) is 0. The Bertz CT molecular complexity index is 267. The van der Waals surface area contributed by atoms with E-state index < -0.39 is 12.5 Å². The van der Waals surface area contributed by atoms with Gasteiger partial charge in [-0.1, -0.05) is 0 Å². The van der Waals surface area contributed by atoms with Gasteiger partial charge in [-0.3, -0.25) is 9.69 Å². The van der Waals surface area contributed by atoms with Crippen molar-refractivity contribution < 1.29 is 13.6 Å². The first-order valence-corrected chi connectivity index (χ1v) is 5.65. The molecule has 0 aromatic rings. The zero-order valence-electron chi connectivity index (χ0n) is 9.22. The molecule has 0 aromatic heterocycles. The van der Waals surface area contributed by atoms with E-state index >= 15 is 0 Å². The highest BCUT2D eigenvalue weighted by atomic mass is 19.3. The molecule has 2 saturated heterocycles. The van der Waals surface area contributed by atoms with E-state index in [1.807, 2.05) is 4.90 Å². The SMILES string of the molecule is O=C(CN1CCNCC1)N1CCC(F)(F)C1. The van der Waals surface area contributed by atoms with Crippen molar-refractivity contribution in [3.05, 3.63) is 0 Å². The van der Waals surface area contributed by atoms with E-state index in [9.17, 15) is 13.6 Å². The molecule has 0 unspecified atom stereocenters. The smallest absolute Gasteiger partial charge is 0.267 e. The van der Waals surface area contributed by atoms with Crippen LogP contribution in [0.2, 0.25) is 0 Å². The molecule has 2 rings (SSSR count). The van der Waals surface area contributed by atoms with Crippen LogP contribution in [0.4, 0.5) is 8.78 Å². The first kappa shape index (κ1) is 11.7. The standard InChI is InChI=1S/C10H17F2N3O/c11-10(12)1-4-15(8-10)9(16)7-14-5-2-13-3-6-14/h13H,1-8H2. The van der Waals surface area contributed by atoms with Crippen molar-refractivity contribution in [2.24, 2.45) is 0 Å². The lowest BCUT2D eigenvalue weighted by Crippen LogP contribution is -2.48. The Kier molecular flexibility index (Phi) is 3.39. The molecular weight excluding hydrogens is 216 g/mol. The molecule has 1 N–H and O–H groups in total. The molecule has 1 amide bonds. The fourth-order valence-electron chi connectivity index (χ4n) is 2.11. The second kappa shape index (κ2) is 4.63. The van der Waals surface area contributed by atoms with Gasteiger partial charge in [0.05, 0.1) is 13.1 Å². The van der Waals surface area contributed by atoms with Crippen LogP contribution in [-0.4, -0.2) is 67.4 Å². The maximum Gasteiger partial charge on any atom is 0.267 e. The molecule has 2 aliphatic heterocycles. The number of nitrogens with zero attached hydrogens (tertiary/aromatic N) is 2. The Labute approximate surface area is 93.6 Å². The number of rotatable bonds is 2. The normalized spacial score (nSPS) is 26.0. The summed E-state index contributed by atoms with van der Waals surface area (Å²) in [5.74, 6) is -2.85. The van der Waals surface area contributed by atoms with Crippen molar-refractivity contribution >= 4 is 5.91 Å². The van der Waals surface area contributed by atoms with Gasteiger partial charge in [-0.15, -0.1) is 0 Å². The highest BCUT2D eigenvalue weighted by molar-refractivity contribution is 5.78. The van der Waals surface area contributed by atoms with E-state index in [2.05, 4.69) is 5.32 Å².